The zero-order valence-corrected chi connectivity index (χ0v) is 17.2. The first-order valence-electron chi connectivity index (χ1n) is 9.91. The molecule has 0 aromatic heterocycles. The second-order valence-corrected chi connectivity index (χ2v) is 7.80. The first-order chi connectivity index (χ1) is 12.9. The number of rotatable bonds is 8. The summed E-state index contributed by atoms with van der Waals surface area (Å²) in [6, 6.07) is 7.98. The summed E-state index contributed by atoms with van der Waals surface area (Å²) in [7, 11) is 4.01. The number of hydrogen-bond acceptors (Lipinski definition) is 4. The van der Waals surface area contributed by atoms with Gasteiger partial charge in [0.1, 0.15) is 6.54 Å². The lowest BCUT2D eigenvalue weighted by Gasteiger charge is -2.32. The molecule has 1 saturated heterocycles. The van der Waals surface area contributed by atoms with Crippen LogP contribution >= 0.6 is 0 Å². The number of nitrogens with zero attached hydrogens (tertiary/aromatic N) is 3. The van der Waals surface area contributed by atoms with Crippen LogP contribution in [0.1, 0.15) is 33.1 Å². The molecule has 1 heterocycles. The Bertz CT molecular complexity index is 607. The molecular weight excluding hydrogens is 340 g/mol. The maximum absolute atomic E-state index is 12.2. The third kappa shape index (κ3) is 6.86. The van der Waals surface area contributed by atoms with E-state index < -0.39 is 0 Å². The molecule has 0 spiro atoms. The molecule has 0 bridgehead atoms. The van der Waals surface area contributed by atoms with Crippen LogP contribution in [0.3, 0.4) is 0 Å². The van der Waals surface area contributed by atoms with E-state index in [1.807, 2.05) is 26.2 Å². The van der Waals surface area contributed by atoms with Crippen LogP contribution in [-0.2, 0) is 9.59 Å². The van der Waals surface area contributed by atoms with E-state index in [-0.39, 0.29) is 18.4 Å². The third-order valence-electron chi connectivity index (χ3n) is 5.10. The summed E-state index contributed by atoms with van der Waals surface area (Å²) in [6.45, 7) is 7.55. The van der Waals surface area contributed by atoms with Gasteiger partial charge >= 0.3 is 0 Å². The number of amides is 2. The lowest BCUT2D eigenvalue weighted by atomic mass is 9.99. The molecule has 27 heavy (non-hydrogen) atoms. The van der Waals surface area contributed by atoms with Crippen molar-refractivity contribution in [3.8, 4) is 0 Å². The quantitative estimate of drug-likeness (QED) is 0.710. The van der Waals surface area contributed by atoms with Gasteiger partial charge in [-0.2, -0.15) is 0 Å². The monoisotopic (exact) mass is 374 g/mol. The first kappa shape index (κ1) is 21.2. The second kappa shape index (κ2) is 10.3. The Morgan fingerprint density at radius 1 is 1.15 bits per heavy atom. The highest BCUT2D eigenvalue weighted by Crippen LogP contribution is 2.25. The Morgan fingerprint density at radius 3 is 2.33 bits per heavy atom. The maximum Gasteiger partial charge on any atom is 0.240 e. The van der Waals surface area contributed by atoms with Gasteiger partial charge in [0.25, 0.3) is 0 Å². The molecule has 0 radical (unpaired) electrons. The predicted molar refractivity (Wildman–Crippen MR) is 111 cm³/mol. The van der Waals surface area contributed by atoms with Crippen LogP contribution in [0.5, 0.6) is 0 Å². The van der Waals surface area contributed by atoms with Gasteiger partial charge in [0, 0.05) is 37.9 Å². The van der Waals surface area contributed by atoms with Crippen molar-refractivity contribution in [2.75, 3.05) is 56.6 Å². The molecule has 6 nitrogen and oxygen atoms in total. The normalized spacial score (nSPS) is 15.1. The lowest BCUT2D eigenvalue weighted by molar-refractivity contribution is -0.123. The first-order valence-corrected chi connectivity index (χ1v) is 9.91. The number of hydrogen-bond donors (Lipinski definition) is 1. The largest absolute Gasteiger partial charge is 0.372 e. The number of carbonyl (C=O) groups excluding carboxylic acids is 2. The molecule has 1 aliphatic rings. The minimum Gasteiger partial charge on any atom is -0.372 e. The minimum atomic E-state index is -0.127. The van der Waals surface area contributed by atoms with Gasteiger partial charge < -0.3 is 20.0 Å². The van der Waals surface area contributed by atoms with E-state index in [9.17, 15) is 9.59 Å². The fourth-order valence-corrected chi connectivity index (χ4v) is 3.32. The van der Waals surface area contributed by atoms with Gasteiger partial charge in [-0.1, -0.05) is 6.92 Å². The summed E-state index contributed by atoms with van der Waals surface area (Å²) in [5.41, 5.74) is 1.95. The summed E-state index contributed by atoms with van der Waals surface area (Å²) < 4.78 is 0. The molecule has 1 aliphatic heterocycles. The molecule has 1 aromatic carbocycles. The average molecular weight is 375 g/mol. The number of piperidine rings is 1. The van der Waals surface area contributed by atoms with Crippen molar-refractivity contribution in [2.45, 2.75) is 33.1 Å². The molecule has 2 rings (SSSR count). The Balaban J connectivity index is 1.91. The highest BCUT2D eigenvalue weighted by molar-refractivity contribution is 5.97. The smallest absolute Gasteiger partial charge is 0.240 e. The average Bonchev–Trinajstić information content (AvgIpc) is 2.64. The molecule has 1 fully saturated rings. The van der Waals surface area contributed by atoms with Gasteiger partial charge in [0.2, 0.25) is 11.8 Å². The van der Waals surface area contributed by atoms with Crippen LogP contribution in [-0.4, -0.2) is 63.5 Å². The minimum absolute atomic E-state index is 0.0534. The second-order valence-electron chi connectivity index (χ2n) is 7.80. The summed E-state index contributed by atoms with van der Waals surface area (Å²) in [5, 5.41) is 2.89. The van der Waals surface area contributed by atoms with E-state index in [1.54, 1.807) is 0 Å². The summed E-state index contributed by atoms with van der Waals surface area (Å²) in [6.07, 6.45) is 3.33. The molecule has 1 N–H and O–H groups in total. The molecular formula is C21H34N4O2. The van der Waals surface area contributed by atoms with Crippen molar-refractivity contribution < 1.29 is 9.59 Å². The Morgan fingerprint density at radius 2 is 1.78 bits per heavy atom. The molecule has 2 amide bonds. The SMILES string of the molecule is CC(=O)N(CC(=O)NCCCN(C)C)c1ccc(N2CCC(C)CC2)cc1. The van der Waals surface area contributed by atoms with Crippen LogP contribution in [0, 0.1) is 5.92 Å². The lowest BCUT2D eigenvalue weighted by Crippen LogP contribution is -2.40. The molecule has 0 unspecified atom stereocenters. The van der Waals surface area contributed by atoms with Crippen LogP contribution in [0.15, 0.2) is 24.3 Å². The molecule has 1 aromatic rings. The number of benzene rings is 1. The summed E-state index contributed by atoms with van der Waals surface area (Å²) >= 11 is 0. The van der Waals surface area contributed by atoms with Crippen molar-refractivity contribution in [2.24, 2.45) is 5.92 Å². The number of nitrogens with one attached hydrogen (secondary N) is 1. The summed E-state index contributed by atoms with van der Waals surface area (Å²) in [5.74, 6) is 0.543. The van der Waals surface area contributed by atoms with Crippen LogP contribution in [0.2, 0.25) is 0 Å². The topological polar surface area (TPSA) is 55.9 Å². The van der Waals surface area contributed by atoms with Crippen molar-refractivity contribution >= 4 is 23.2 Å². The van der Waals surface area contributed by atoms with Gasteiger partial charge in [0.15, 0.2) is 0 Å². The maximum atomic E-state index is 12.2. The predicted octanol–water partition coefficient (Wildman–Crippen LogP) is 2.34. The van der Waals surface area contributed by atoms with Gasteiger partial charge in [-0.3, -0.25) is 9.59 Å². The molecule has 0 atom stereocenters. The standard InChI is InChI=1S/C21H34N4O2/c1-17-10-14-24(15-11-17)19-6-8-20(9-7-19)25(18(2)26)16-21(27)22-12-5-13-23(3)4/h6-9,17H,5,10-16H2,1-4H3,(H,22,27). The third-order valence-corrected chi connectivity index (χ3v) is 5.10. The van der Waals surface area contributed by atoms with Crippen LogP contribution in [0.25, 0.3) is 0 Å². The fourth-order valence-electron chi connectivity index (χ4n) is 3.32. The van der Waals surface area contributed by atoms with E-state index in [0.717, 1.165) is 37.7 Å². The van der Waals surface area contributed by atoms with E-state index in [0.29, 0.717) is 6.54 Å². The van der Waals surface area contributed by atoms with Gasteiger partial charge in [0.05, 0.1) is 0 Å². The molecule has 6 heteroatoms. The van der Waals surface area contributed by atoms with E-state index in [1.165, 1.54) is 30.4 Å². The Labute approximate surface area is 163 Å². The zero-order chi connectivity index (χ0) is 19.8. The highest BCUT2D eigenvalue weighted by atomic mass is 16.2. The molecule has 150 valence electrons. The van der Waals surface area contributed by atoms with Crippen LogP contribution in [0.4, 0.5) is 11.4 Å². The zero-order valence-electron chi connectivity index (χ0n) is 17.2. The Hall–Kier alpha value is -2.08. The molecule has 0 aliphatic carbocycles. The fraction of sp³-hybridized carbons (Fsp3) is 0.619. The van der Waals surface area contributed by atoms with Gasteiger partial charge in [-0.25, -0.2) is 0 Å². The van der Waals surface area contributed by atoms with Gasteiger partial charge in [-0.05, 0) is 70.1 Å². The van der Waals surface area contributed by atoms with Crippen molar-refractivity contribution in [3.05, 3.63) is 24.3 Å². The van der Waals surface area contributed by atoms with Crippen molar-refractivity contribution in [3.63, 3.8) is 0 Å². The van der Waals surface area contributed by atoms with Gasteiger partial charge in [-0.15, -0.1) is 0 Å². The van der Waals surface area contributed by atoms with E-state index >= 15 is 0 Å². The number of anilines is 2. The van der Waals surface area contributed by atoms with E-state index in [4.69, 9.17) is 0 Å². The molecule has 0 saturated carbocycles. The van der Waals surface area contributed by atoms with Crippen LogP contribution < -0.4 is 15.1 Å². The summed E-state index contributed by atoms with van der Waals surface area (Å²) in [4.78, 5) is 30.2. The van der Waals surface area contributed by atoms with E-state index in [2.05, 4.69) is 34.2 Å². The number of carbonyl (C=O) groups is 2. The highest BCUT2D eigenvalue weighted by Gasteiger charge is 2.18. The van der Waals surface area contributed by atoms with Crippen molar-refractivity contribution in [1.82, 2.24) is 10.2 Å². The Kier molecular flexibility index (Phi) is 8.10. The van der Waals surface area contributed by atoms with Crippen molar-refractivity contribution in [1.29, 1.82) is 0 Å².